The van der Waals surface area contributed by atoms with Crippen LogP contribution in [-0.2, 0) is 5.41 Å². The highest BCUT2D eigenvalue weighted by molar-refractivity contribution is 5.39. The number of aryl methyl sites for hydroxylation is 1. The van der Waals surface area contributed by atoms with Crippen molar-refractivity contribution in [2.24, 2.45) is 23.2 Å². The van der Waals surface area contributed by atoms with E-state index in [4.69, 9.17) is 0 Å². The van der Waals surface area contributed by atoms with E-state index in [2.05, 4.69) is 75.9 Å². The number of benzene rings is 1. The topological polar surface area (TPSA) is 60.7 Å². The van der Waals surface area contributed by atoms with E-state index in [0.717, 1.165) is 30.4 Å². The monoisotopic (exact) mass is 502 g/mol. The molecule has 0 heterocycles. The molecule has 0 saturated heterocycles. The molecule has 5 rings (SSSR count). The van der Waals surface area contributed by atoms with E-state index in [1.807, 2.05) is 0 Å². The second-order valence-corrected chi connectivity index (χ2v) is 12.9. The average molecular weight is 503 g/mol. The molecule has 7 atom stereocenters. The Morgan fingerprint density at radius 3 is 2.59 bits per heavy atom. The zero-order chi connectivity index (χ0) is 26.4. The largest absolute Gasteiger partial charge is 0.393 e. The standard InChI is InChI=1S/C34H46O3/c1-22-7-5-9-27(19-22)34(17-18-34)32(37)15-10-23(2)29-13-14-30-25(8-6-16-33(29,30)4)11-12-26-20-28(35)21-31(36)24(26)3/h5,7,9-12,15,19,23,28-32,35-37H,3,6,8,13-14,16-18,20-21H2,1-2,4H3/b15-10+,25-11+,26-12-/t23-,28-,29-,30+,31+,32+,33-/m1/s1. The molecule has 0 aromatic heterocycles. The van der Waals surface area contributed by atoms with Gasteiger partial charge in [0, 0.05) is 11.8 Å². The maximum Gasteiger partial charge on any atom is 0.0817 e. The maximum atomic E-state index is 11.2. The van der Waals surface area contributed by atoms with E-state index in [1.165, 1.54) is 42.4 Å². The summed E-state index contributed by atoms with van der Waals surface area (Å²) in [6.45, 7) is 11.1. The van der Waals surface area contributed by atoms with E-state index < -0.39 is 18.3 Å². The molecule has 4 aliphatic carbocycles. The van der Waals surface area contributed by atoms with E-state index in [-0.39, 0.29) is 10.8 Å². The summed E-state index contributed by atoms with van der Waals surface area (Å²) in [5.41, 5.74) is 6.00. The fourth-order valence-corrected chi connectivity index (χ4v) is 8.05. The van der Waals surface area contributed by atoms with Crippen molar-refractivity contribution in [2.75, 3.05) is 0 Å². The van der Waals surface area contributed by atoms with Gasteiger partial charge in [-0.05, 0) is 98.2 Å². The SMILES string of the molecule is C=C1/C(=C\C=C2/CCC[C@]3(C)[C@@H]([C@H](C)/C=C/[C@H](O)C4(c5cccc(C)c5)CC4)CC[C@@H]23)C[C@@H](O)C[C@@H]1O. The molecule has 4 aliphatic rings. The summed E-state index contributed by atoms with van der Waals surface area (Å²) in [7, 11) is 0. The molecule has 1 aromatic rings. The quantitative estimate of drug-likeness (QED) is 0.378. The number of rotatable bonds is 6. The Bertz CT molecular complexity index is 1110. The predicted molar refractivity (Wildman–Crippen MR) is 151 cm³/mol. The first-order chi connectivity index (χ1) is 17.6. The fourth-order valence-electron chi connectivity index (χ4n) is 8.05. The van der Waals surface area contributed by atoms with Gasteiger partial charge in [0.25, 0.3) is 0 Å². The number of hydrogen-bond acceptors (Lipinski definition) is 3. The van der Waals surface area contributed by atoms with Gasteiger partial charge in [-0.3, -0.25) is 0 Å². The summed E-state index contributed by atoms with van der Waals surface area (Å²) in [6, 6.07) is 8.66. The Morgan fingerprint density at radius 2 is 1.86 bits per heavy atom. The number of allylic oxidation sites excluding steroid dienone is 4. The highest BCUT2D eigenvalue weighted by Crippen LogP contribution is 2.60. The molecule has 4 saturated carbocycles. The third-order valence-electron chi connectivity index (χ3n) is 10.5. The minimum Gasteiger partial charge on any atom is -0.393 e. The van der Waals surface area contributed by atoms with Crippen molar-refractivity contribution in [1.29, 1.82) is 0 Å². The van der Waals surface area contributed by atoms with E-state index in [9.17, 15) is 15.3 Å². The Morgan fingerprint density at radius 1 is 1.08 bits per heavy atom. The zero-order valence-electron chi connectivity index (χ0n) is 23.0. The lowest BCUT2D eigenvalue weighted by molar-refractivity contribution is 0.0862. The molecule has 1 aromatic carbocycles. The van der Waals surface area contributed by atoms with Gasteiger partial charge < -0.3 is 15.3 Å². The van der Waals surface area contributed by atoms with Crippen LogP contribution in [0, 0.1) is 30.1 Å². The number of aliphatic hydroxyl groups excluding tert-OH is 3. The van der Waals surface area contributed by atoms with Crippen LogP contribution in [0.1, 0.15) is 82.8 Å². The second-order valence-electron chi connectivity index (χ2n) is 12.9. The van der Waals surface area contributed by atoms with E-state index in [1.54, 1.807) is 0 Å². The molecule has 0 unspecified atom stereocenters. The second kappa shape index (κ2) is 10.3. The van der Waals surface area contributed by atoms with Crippen molar-refractivity contribution in [3.8, 4) is 0 Å². The van der Waals surface area contributed by atoms with Crippen molar-refractivity contribution in [2.45, 2.75) is 102 Å². The summed E-state index contributed by atoms with van der Waals surface area (Å²) < 4.78 is 0. The number of hydrogen-bond donors (Lipinski definition) is 3. The van der Waals surface area contributed by atoms with Crippen molar-refractivity contribution < 1.29 is 15.3 Å². The van der Waals surface area contributed by atoms with E-state index in [0.29, 0.717) is 30.6 Å². The van der Waals surface area contributed by atoms with Crippen LogP contribution in [0.15, 0.2) is 71.9 Å². The van der Waals surface area contributed by atoms with Crippen LogP contribution < -0.4 is 0 Å². The van der Waals surface area contributed by atoms with Crippen LogP contribution in [0.2, 0.25) is 0 Å². The van der Waals surface area contributed by atoms with Crippen LogP contribution in [0.3, 0.4) is 0 Å². The molecule has 0 spiro atoms. The molecule has 37 heavy (non-hydrogen) atoms. The fraction of sp³-hybridized carbons (Fsp3) is 0.588. The molecule has 3 N–H and O–H groups in total. The van der Waals surface area contributed by atoms with Gasteiger partial charge >= 0.3 is 0 Å². The molecule has 4 fully saturated rings. The van der Waals surface area contributed by atoms with Gasteiger partial charge in [0.15, 0.2) is 0 Å². The lowest BCUT2D eigenvalue weighted by atomic mass is 9.61. The molecule has 0 amide bonds. The maximum absolute atomic E-state index is 11.2. The van der Waals surface area contributed by atoms with Gasteiger partial charge in [-0.15, -0.1) is 0 Å². The first kappa shape index (κ1) is 26.7. The Hall–Kier alpha value is -1.94. The summed E-state index contributed by atoms with van der Waals surface area (Å²) in [5, 5.41) is 31.6. The Labute approximate surface area is 223 Å². The molecule has 200 valence electrons. The first-order valence-electron chi connectivity index (χ1n) is 14.5. The highest BCUT2D eigenvalue weighted by Gasteiger charge is 2.51. The third-order valence-corrected chi connectivity index (χ3v) is 10.5. The molecular formula is C34H46O3. The van der Waals surface area contributed by atoms with Crippen LogP contribution in [0.4, 0.5) is 0 Å². The molecule has 3 nitrogen and oxygen atoms in total. The number of aliphatic hydroxyl groups is 3. The van der Waals surface area contributed by atoms with Crippen molar-refractivity contribution >= 4 is 0 Å². The van der Waals surface area contributed by atoms with Gasteiger partial charge in [-0.2, -0.15) is 0 Å². The van der Waals surface area contributed by atoms with Crippen molar-refractivity contribution in [3.63, 3.8) is 0 Å². The smallest absolute Gasteiger partial charge is 0.0817 e. The lowest BCUT2D eigenvalue weighted by Gasteiger charge is -2.44. The lowest BCUT2D eigenvalue weighted by Crippen LogP contribution is -2.35. The predicted octanol–water partition coefficient (Wildman–Crippen LogP) is 6.72. The van der Waals surface area contributed by atoms with Gasteiger partial charge in [-0.25, -0.2) is 0 Å². The van der Waals surface area contributed by atoms with Crippen molar-refractivity contribution in [1.82, 2.24) is 0 Å². The molecular weight excluding hydrogens is 456 g/mol. The van der Waals surface area contributed by atoms with Gasteiger partial charge in [0.05, 0.1) is 18.3 Å². The van der Waals surface area contributed by atoms with Crippen LogP contribution in [-0.4, -0.2) is 33.6 Å². The van der Waals surface area contributed by atoms with Crippen LogP contribution in [0.25, 0.3) is 0 Å². The normalized spacial score (nSPS) is 37.2. The highest BCUT2D eigenvalue weighted by atomic mass is 16.3. The summed E-state index contributed by atoms with van der Waals surface area (Å²) >= 11 is 0. The summed E-state index contributed by atoms with van der Waals surface area (Å²) in [6.07, 6.45) is 16.4. The van der Waals surface area contributed by atoms with Crippen LogP contribution >= 0.6 is 0 Å². The summed E-state index contributed by atoms with van der Waals surface area (Å²) in [5.74, 6) is 1.62. The van der Waals surface area contributed by atoms with E-state index >= 15 is 0 Å². The van der Waals surface area contributed by atoms with Gasteiger partial charge in [-0.1, -0.05) is 80.1 Å². The van der Waals surface area contributed by atoms with Gasteiger partial charge in [0.1, 0.15) is 0 Å². The zero-order valence-corrected chi connectivity index (χ0v) is 23.0. The van der Waals surface area contributed by atoms with Crippen molar-refractivity contribution in [3.05, 3.63) is 83.0 Å². The molecule has 0 bridgehead atoms. The Kier molecular flexibility index (Phi) is 7.44. The average Bonchev–Trinajstić information content (AvgIpc) is 3.60. The van der Waals surface area contributed by atoms with Crippen LogP contribution in [0.5, 0.6) is 0 Å². The van der Waals surface area contributed by atoms with Gasteiger partial charge in [0.2, 0.25) is 0 Å². The number of fused-ring (bicyclic) bond motifs is 1. The minimum atomic E-state index is -0.635. The molecule has 3 heteroatoms. The minimum absolute atomic E-state index is 0.0944. The molecule has 0 aliphatic heterocycles. The third kappa shape index (κ3) is 5.07. The summed E-state index contributed by atoms with van der Waals surface area (Å²) in [4.78, 5) is 0. The first-order valence-corrected chi connectivity index (χ1v) is 14.5. The Balaban J connectivity index is 1.29. The molecule has 0 radical (unpaired) electrons.